The van der Waals surface area contributed by atoms with Crippen LogP contribution in [0.1, 0.15) is 5.76 Å². The molecule has 1 aromatic carbocycles. The number of thioether (sulfide) groups is 1. The third-order valence-corrected chi connectivity index (χ3v) is 6.12. The number of nitrogens with zero attached hydrogens (tertiary/aromatic N) is 3. The van der Waals surface area contributed by atoms with Crippen LogP contribution in [0.15, 0.2) is 47.7 Å². The first kappa shape index (κ1) is 22.7. The fraction of sp³-hybridized carbons (Fsp3) is 0.250. The van der Waals surface area contributed by atoms with E-state index in [-0.39, 0.29) is 16.0 Å². The van der Waals surface area contributed by atoms with Gasteiger partial charge in [-0.2, -0.15) is 0 Å². The highest BCUT2D eigenvalue weighted by atomic mass is 79.9. The zero-order valence-corrected chi connectivity index (χ0v) is 19.9. The number of halogens is 2. The Labute approximate surface area is 200 Å². The van der Waals surface area contributed by atoms with Gasteiger partial charge in [-0.05, 0) is 45.9 Å². The summed E-state index contributed by atoms with van der Waals surface area (Å²) in [6.07, 6.45) is 1.41. The molecule has 1 fully saturated rings. The number of morpholine rings is 1. The van der Waals surface area contributed by atoms with Gasteiger partial charge in [-0.25, -0.2) is 4.79 Å². The molecule has 0 unspecified atom stereocenters. The molecule has 0 bridgehead atoms. The number of methoxy groups -OCH3 is 1. The molecule has 4 rings (SSSR count). The summed E-state index contributed by atoms with van der Waals surface area (Å²) in [5.74, 6) is 0.504. The average Bonchev–Trinajstić information content (AvgIpc) is 3.40. The van der Waals surface area contributed by atoms with E-state index in [1.54, 1.807) is 24.3 Å². The van der Waals surface area contributed by atoms with Crippen molar-refractivity contribution in [1.82, 2.24) is 10.2 Å². The molecule has 12 heteroatoms. The molecule has 0 amide bonds. The second-order valence-corrected chi connectivity index (χ2v) is 8.82. The Kier molecular flexibility index (Phi) is 7.09. The summed E-state index contributed by atoms with van der Waals surface area (Å²) in [5.41, 5.74) is 0.505. The summed E-state index contributed by atoms with van der Waals surface area (Å²) in [7, 11) is 1.51. The molecular formula is C20H17BrClN3O6S. The predicted molar refractivity (Wildman–Crippen MR) is 122 cm³/mol. The molecule has 2 aromatic heterocycles. The Morgan fingerprint density at radius 3 is 2.78 bits per heavy atom. The van der Waals surface area contributed by atoms with Gasteiger partial charge in [0.05, 0.1) is 30.4 Å². The lowest BCUT2D eigenvalue weighted by Gasteiger charge is -2.26. The number of rotatable bonds is 7. The van der Waals surface area contributed by atoms with Crippen molar-refractivity contribution in [2.75, 3.05) is 38.3 Å². The van der Waals surface area contributed by atoms with Gasteiger partial charge in [0.1, 0.15) is 16.4 Å². The molecule has 32 heavy (non-hydrogen) atoms. The van der Waals surface area contributed by atoms with Crippen LogP contribution in [0.2, 0.25) is 5.02 Å². The molecule has 0 spiro atoms. The largest absolute Gasteiger partial charge is 0.496 e. The third-order valence-electron chi connectivity index (χ3n) is 4.47. The number of carboxylic acid groups (broad SMARTS) is 1. The Balaban J connectivity index is 1.57. The van der Waals surface area contributed by atoms with Crippen molar-refractivity contribution >= 4 is 57.2 Å². The van der Waals surface area contributed by atoms with E-state index in [2.05, 4.69) is 26.1 Å². The van der Waals surface area contributed by atoms with Gasteiger partial charge < -0.3 is 28.3 Å². The van der Waals surface area contributed by atoms with Crippen LogP contribution in [0.4, 0.5) is 5.88 Å². The Morgan fingerprint density at radius 2 is 2.06 bits per heavy atom. The van der Waals surface area contributed by atoms with E-state index in [4.69, 9.17) is 29.9 Å². The summed E-state index contributed by atoms with van der Waals surface area (Å²) < 4.78 is 22.9. The first-order chi connectivity index (χ1) is 15.4. The average molecular weight is 543 g/mol. The van der Waals surface area contributed by atoms with Crippen LogP contribution in [0.5, 0.6) is 5.75 Å². The highest BCUT2D eigenvalue weighted by Crippen LogP contribution is 2.36. The van der Waals surface area contributed by atoms with Crippen LogP contribution >= 0.6 is 39.3 Å². The summed E-state index contributed by atoms with van der Waals surface area (Å²) in [4.78, 5) is 13.8. The fourth-order valence-electron chi connectivity index (χ4n) is 2.99. The van der Waals surface area contributed by atoms with E-state index in [0.29, 0.717) is 54.3 Å². The number of carbonyl (C=O) groups is 1. The molecule has 168 valence electrons. The monoisotopic (exact) mass is 541 g/mol. The molecule has 1 N–H and O–H groups in total. The van der Waals surface area contributed by atoms with Crippen molar-refractivity contribution in [2.24, 2.45) is 0 Å². The first-order valence-electron chi connectivity index (χ1n) is 9.37. The van der Waals surface area contributed by atoms with E-state index in [0.717, 1.165) is 16.2 Å². The summed E-state index contributed by atoms with van der Waals surface area (Å²) in [6, 6.07) is 6.69. The SMILES string of the molecule is COc1ccc(Cl)cc1-c1nnc(S/C(=C\c2cc(Br)c(N3CCOCC3)o2)C(=O)O)o1. The lowest BCUT2D eigenvalue weighted by Crippen LogP contribution is -2.36. The minimum absolute atomic E-state index is 0.0481. The summed E-state index contributed by atoms with van der Waals surface area (Å²) >= 11 is 10.3. The van der Waals surface area contributed by atoms with Crippen LogP contribution in [-0.2, 0) is 9.53 Å². The lowest BCUT2D eigenvalue weighted by atomic mass is 10.2. The number of hydrogen-bond acceptors (Lipinski definition) is 9. The molecule has 0 radical (unpaired) electrons. The molecule has 0 saturated carbocycles. The first-order valence-corrected chi connectivity index (χ1v) is 11.4. The molecule has 0 aliphatic carbocycles. The number of hydrogen-bond donors (Lipinski definition) is 1. The van der Waals surface area contributed by atoms with Crippen LogP contribution < -0.4 is 9.64 Å². The number of carboxylic acids is 1. The minimum Gasteiger partial charge on any atom is -0.496 e. The second-order valence-electron chi connectivity index (χ2n) is 6.53. The highest BCUT2D eigenvalue weighted by Gasteiger charge is 2.21. The van der Waals surface area contributed by atoms with Gasteiger partial charge in [0.25, 0.3) is 11.1 Å². The van der Waals surface area contributed by atoms with Gasteiger partial charge in [-0.15, -0.1) is 10.2 Å². The van der Waals surface area contributed by atoms with Crippen LogP contribution in [0.3, 0.4) is 0 Å². The molecule has 1 saturated heterocycles. The quantitative estimate of drug-likeness (QED) is 0.330. The molecule has 0 atom stereocenters. The van der Waals surface area contributed by atoms with Gasteiger partial charge in [-0.1, -0.05) is 11.6 Å². The zero-order valence-electron chi connectivity index (χ0n) is 16.7. The molecule has 3 heterocycles. The number of aliphatic carboxylic acids is 1. The van der Waals surface area contributed by atoms with E-state index in [9.17, 15) is 9.90 Å². The maximum absolute atomic E-state index is 11.8. The minimum atomic E-state index is -1.16. The second kappa shape index (κ2) is 9.99. The predicted octanol–water partition coefficient (Wildman–Crippen LogP) is 4.81. The molecule has 1 aliphatic heterocycles. The Hall–Kier alpha value is -2.47. The van der Waals surface area contributed by atoms with Crippen molar-refractivity contribution in [2.45, 2.75) is 5.22 Å². The van der Waals surface area contributed by atoms with Crippen molar-refractivity contribution in [3.8, 4) is 17.2 Å². The van der Waals surface area contributed by atoms with Gasteiger partial charge in [0.2, 0.25) is 5.88 Å². The van der Waals surface area contributed by atoms with Gasteiger partial charge >= 0.3 is 5.97 Å². The van der Waals surface area contributed by atoms with Gasteiger partial charge in [0, 0.05) is 30.3 Å². The van der Waals surface area contributed by atoms with E-state index < -0.39 is 5.97 Å². The topological polar surface area (TPSA) is 111 Å². The smallest absolute Gasteiger partial charge is 0.342 e. The number of ether oxygens (including phenoxy) is 2. The molecule has 3 aromatic rings. The normalized spacial score (nSPS) is 14.6. The van der Waals surface area contributed by atoms with E-state index in [1.165, 1.54) is 13.2 Å². The molecule has 9 nitrogen and oxygen atoms in total. The fourth-order valence-corrected chi connectivity index (χ4v) is 4.38. The lowest BCUT2D eigenvalue weighted by molar-refractivity contribution is -0.131. The number of aromatic nitrogens is 2. The Morgan fingerprint density at radius 1 is 1.28 bits per heavy atom. The van der Waals surface area contributed by atoms with Crippen LogP contribution in [0.25, 0.3) is 17.5 Å². The zero-order chi connectivity index (χ0) is 22.7. The summed E-state index contributed by atoms with van der Waals surface area (Å²) in [5, 5.41) is 18.1. The highest BCUT2D eigenvalue weighted by molar-refractivity contribution is 9.10. The summed E-state index contributed by atoms with van der Waals surface area (Å²) in [6.45, 7) is 2.58. The van der Waals surface area contributed by atoms with Crippen molar-refractivity contribution < 1.29 is 28.2 Å². The maximum atomic E-state index is 11.8. The molecular weight excluding hydrogens is 526 g/mol. The van der Waals surface area contributed by atoms with Gasteiger partial charge in [0.15, 0.2) is 0 Å². The molecule has 1 aliphatic rings. The van der Waals surface area contributed by atoms with Crippen molar-refractivity contribution in [1.29, 1.82) is 0 Å². The number of benzene rings is 1. The maximum Gasteiger partial charge on any atom is 0.342 e. The third kappa shape index (κ3) is 5.12. The van der Waals surface area contributed by atoms with Gasteiger partial charge in [-0.3, -0.25) is 0 Å². The van der Waals surface area contributed by atoms with E-state index in [1.807, 2.05) is 4.90 Å². The standard InChI is InChI=1S/C20H17BrClN3O6S/c1-28-15-3-2-11(22)8-13(15)17-23-24-20(31-17)32-16(19(26)27)10-12-9-14(21)18(30-12)25-4-6-29-7-5-25/h2-3,8-10H,4-7H2,1H3,(H,26,27)/b16-10-. The van der Waals surface area contributed by atoms with Crippen LogP contribution in [0, 0.1) is 0 Å². The number of furan rings is 1. The Bertz CT molecular complexity index is 1160. The van der Waals surface area contributed by atoms with E-state index >= 15 is 0 Å². The number of anilines is 1. The van der Waals surface area contributed by atoms with Crippen molar-refractivity contribution in [3.05, 3.63) is 44.4 Å². The van der Waals surface area contributed by atoms with Crippen LogP contribution in [-0.4, -0.2) is 54.7 Å². The van der Waals surface area contributed by atoms with Crippen molar-refractivity contribution in [3.63, 3.8) is 0 Å².